The molecule has 0 radical (unpaired) electrons. The molecular weight excluding hydrogens is 433 g/mol. The number of nitrogens with zero attached hydrogens (tertiary/aromatic N) is 2. The van der Waals surface area contributed by atoms with Crippen LogP contribution in [0.25, 0.3) is 0 Å². The topological polar surface area (TPSA) is 49.9 Å². The summed E-state index contributed by atoms with van der Waals surface area (Å²) in [7, 11) is 1.56. The third kappa shape index (κ3) is 4.28. The van der Waals surface area contributed by atoms with Gasteiger partial charge >= 0.3 is 6.18 Å². The van der Waals surface area contributed by atoms with Gasteiger partial charge in [-0.15, -0.1) is 0 Å². The van der Waals surface area contributed by atoms with Crippen molar-refractivity contribution >= 4 is 23.2 Å². The number of rotatable bonds is 4. The lowest BCUT2D eigenvalue weighted by atomic mass is 10.0. The van der Waals surface area contributed by atoms with Crippen LogP contribution >= 0.6 is 0 Å². The minimum atomic E-state index is -4.58. The van der Waals surface area contributed by atoms with Crippen LogP contribution in [-0.4, -0.2) is 25.0 Å². The van der Waals surface area contributed by atoms with E-state index < -0.39 is 23.7 Å². The summed E-state index contributed by atoms with van der Waals surface area (Å²) in [4.78, 5) is 29.5. The summed E-state index contributed by atoms with van der Waals surface area (Å²) in [6.07, 6.45) is -4.58. The molecule has 1 aliphatic heterocycles. The van der Waals surface area contributed by atoms with Crippen LogP contribution in [0.2, 0.25) is 0 Å². The van der Waals surface area contributed by atoms with Crippen LogP contribution in [0.4, 0.5) is 24.5 Å². The molecule has 0 fully saturated rings. The molecule has 1 atom stereocenters. The second-order valence-corrected chi connectivity index (χ2v) is 7.69. The first-order valence-electron chi connectivity index (χ1n) is 10.2. The number of para-hydroxylation sites is 2. The maximum atomic E-state index is 13.3. The number of anilines is 2. The third-order valence-corrected chi connectivity index (χ3v) is 5.57. The van der Waals surface area contributed by atoms with Crippen LogP contribution in [0.5, 0.6) is 5.75 Å². The number of fused-ring (bicyclic) bond motifs is 1. The molecule has 5 nitrogen and oxygen atoms in total. The van der Waals surface area contributed by atoms with Gasteiger partial charge in [-0.05, 0) is 55.0 Å². The van der Waals surface area contributed by atoms with Crippen LogP contribution in [0.1, 0.15) is 28.4 Å². The Morgan fingerprint density at radius 3 is 2.36 bits per heavy atom. The zero-order valence-corrected chi connectivity index (χ0v) is 18.0. The molecule has 0 N–H and O–H groups in total. The molecule has 0 saturated heterocycles. The molecule has 2 amide bonds. The summed E-state index contributed by atoms with van der Waals surface area (Å²) >= 11 is 0. The minimum Gasteiger partial charge on any atom is -0.497 e. The van der Waals surface area contributed by atoms with E-state index in [1.54, 1.807) is 49.3 Å². The number of amides is 2. The van der Waals surface area contributed by atoms with Gasteiger partial charge in [-0.2, -0.15) is 13.2 Å². The van der Waals surface area contributed by atoms with Crippen molar-refractivity contribution in [1.82, 2.24) is 0 Å². The van der Waals surface area contributed by atoms with E-state index in [0.29, 0.717) is 17.1 Å². The highest BCUT2D eigenvalue weighted by Crippen LogP contribution is 2.38. The van der Waals surface area contributed by atoms with E-state index in [4.69, 9.17) is 4.74 Å². The van der Waals surface area contributed by atoms with Gasteiger partial charge in [0, 0.05) is 5.56 Å². The van der Waals surface area contributed by atoms with Gasteiger partial charge in [0.25, 0.3) is 5.91 Å². The van der Waals surface area contributed by atoms with Gasteiger partial charge in [0.2, 0.25) is 5.91 Å². The van der Waals surface area contributed by atoms with Crippen molar-refractivity contribution in [2.45, 2.75) is 25.7 Å². The van der Waals surface area contributed by atoms with Gasteiger partial charge in [0.05, 0.1) is 30.6 Å². The van der Waals surface area contributed by atoms with E-state index in [0.717, 1.165) is 17.7 Å². The molecule has 33 heavy (non-hydrogen) atoms. The number of hydrogen-bond acceptors (Lipinski definition) is 3. The second kappa shape index (κ2) is 8.61. The van der Waals surface area contributed by atoms with Gasteiger partial charge in [-0.3, -0.25) is 14.5 Å². The monoisotopic (exact) mass is 454 g/mol. The summed E-state index contributed by atoms with van der Waals surface area (Å²) in [5.41, 5.74) is 0.735. The average Bonchev–Trinajstić information content (AvgIpc) is 2.81. The molecule has 4 rings (SSSR count). The van der Waals surface area contributed by atoms with E-state index in [9.17, 15) is 22.8 Å². The maximum Gasteiger partial charge on any atom is 0.416 e. The van der Waals surface area contributed by atoms with Gasteiger partial charge < -0.3 is 9.64 Å². The molecule has 3 aromatic rings. The summed E-state index contributed by atoms with van der Waals surface area (Å²) < 4.78 is 44.8. The van der Waals surface area contributed by atoms with Crippen molar-refractivity contribution < 1.29 is 27.5 Å². The van der Waals surface area contributed by atoms with Crippen molar-refractivity contribution in [1.29, 1.82) is 0 Å². The Hall–Kier alpha value is -3.81. The highest BCUT2D eigenvalue weighted by Gasteiger charge is 2.39. The summed E-state index contributed by atoms with van der Waals surface area (Å²) in [5.74, 6) is -0.355. The number of halogens is 3. The number of alkyl halides is 3. The highest BCUT2D eigenvalue weighted by atomic mass is 19.4. The predicted molar refractivity (Wildman–Crippen MR) is 118 cm³/mol. The van der Waals surface area contributed by atoms with Crippen LogP contribution < -0.4 is 14.5 Å². The van der Waals surface area contributed by atoms with Crippen LogP contribution in [0, 0.1) is 0 Å². The van der Waals surface area contributed by atoms with Crippen molar-refractivity contribution in [3.05, 3.63) is 89.5 Å². The molecule has 0 saturated carbocycles. The molecule has 1 aliphatic rings. The smallest absolute Gasteiger partial charge is 0.416 e. The molecule has 0 spiro atoms. The Balaban J connectivity index is 1.73. The van der Waals surface area contributed by atoms with Gasteiger partial charge in [-0.25, -0.2) is 0 Å². The van der Waals surface area contributed by atoms with E-state index >= 15 is 0 Å². The Kier molecular flexibility index (Phi) is 5.84. The zero-order valence-electron chi connectivity index (χ0n) is 18.0. The van der Waals surface area contributed by atoms with E-state index in [-0.39, 0.29) is 18.0 Å². The minimum absolute atomic E-state index is 0.138. The summed E-state index contributed by atoms with van der Waals surface area (Å²) in [6.45, 7) is 1.82. The van der Waals surface area contributed by atoms with Gasteiger partial charge in [0.15, 0.2) is 0 Å². The van der Waals surface area contributed by atoms with Gasteiger partial charge in [0.1, 0.15) is 11.8 Å². The summed E-state index contributed by atoms with van der Waals surface area (Å²) in [5, 5.41) is 0. The first-order chi connectivity index (χ1) is 15.7. The van der Waals surface area contributed by atoms with Crippen molar-refractivity contribution in [3.63, 3.8) is 0 Å². The largest absolute Gasteiger partial charge is 0.497 e. The number of benzene rings is 3. The van der Waals surface area contributed by atoms with E-state index in [2.05, 4.69) is 0 Å². The Bertz CT molecular complexity index is 1210. The normalized spacial score (nSPS) is 15.9. The third-order valence-electron chi connectivity index (χ3n) is 5.57. The summed E-state index contributed by atoms with van der Waals surface area (Å²) in [6, 6.07) is 17.5. The fourth-order valence-corrected chi connectivity index (χ4v) is 3.93. The first-order valence-corrected chi connectivity index (χ1v) is 10.2. The number of methoxy groups -OCH3 is 1. The number of hydrogen-bond donors (Lipinski definition) is 0. The van der Waals surface area contributed by atoms with Crippen molar-refractivity contribution in [2.24, 2.45) is 0 Å². The predicted octanol–water partition coefficient (Wildman–Crippen LogP) is 5.30. The standard InChI is InChI=1S/C25H21F3N2O3/c1-16-23(31)29(15-17-7-5-10-20(13-17)33-2)21-11-3-4-12-22(21)30(16)24(32)18-8-6-9-19(14-18)25(26,27)28/h3-14,16H,15H2,1-2H3/t16-/m1/s1. The molecule has 170 valence electrons. The molecule has 0 unspecified atom stereocenters. The Morgan fingerprint density at radius 1 is 0.970 bits per heavy atom. The number of ether oxygens (including phenoxy) is 1. The van der Waals surface area contributed by atoms with Crippen LogP contribution in [0.15, 0.2) is 72.8 Å². The van der Waals surface area contributed by atoms with Crippen LogP contribution in [-0.2, 0) is 17.5 Å². The fourth-order valence-electron chi connectivity index (χ4n) is 3.93. The quantitative estimate of drug-likeness (QED) is 0.538. The molecular formula is C25H21F3N2O3. The Morgan fingerprint density at radius 2 is 1.67 bits per heavy atom. The van der Waals surface area contributed by atoms with Crippen molar-refractivity contribution in [2.75, 3.05) is 16.9 Å². The lowest BCUT2D eigenvalue weighted by Gasteiger charge is -2.40. The highest BCUT2D eigenvalue weighted by molar-refractivity contribution is 6.17. The Labute approximate surface area is 189 Å². The van der Waals surface area contributed by atoms with Crippen LogP contribution in [0.3, 0.4) is 0 Å². The molecule has 1 heterocycles. The maximum absolute atomic E-state index is 13.3. The zero-order chi connectivity index (χ0) is 23.8. The second-order valence-electron chi connectivity index (χ2n) is 7.69. The lowest BCUT2D eigenvalue weighted by molar-refractivity contribution is -0.137. The lowest BCUT2D eigenvalue weighted by Crippen LogP contribution is -2.54. The average molecular weight is 454 g/mol. The van der Waals surface area contributed by atoms with E-state index in [1.807, 2.05) is 18.2 Å². The molecule has 0 aliphatic carbocycles. The number of carbonyl (C=O) groups is 2. The first kappa shape index (κ1) is 22.4. The fraction of sp³-hybridized carbons (Fsp3) is 0.200. The molecule has 8 heteroatoms. The van der Waals surface area contributed by atoms with Gasteiger partial charge in [-0.1, -0.05) is 30.3 Å². The molecule has 3 aromatic carbocycles. The SMILES string of the molecule is COc1cccc(CN2C(=O)[C@@H](C)N(C(=O)c3cccc(C(F)(F)F)c3)c3ccccc32)c1. The molecule has 0 bridgehead atoms. The van der Waals surface area contributed by atoms with E-state index in [1.165, 1.54) is 17.0 Å². The van der Waals surface area contributed by atoms with Crippen molar-refractivity contribution in [3.8, 4) is 5.75 Å². The number of carbonyl (C=O) groups excluding carboxylic acids is 2. The molecule has 0 aromatic heterocycles.